The van der Waals surface area contributed by atoms with E-state index in [1.807, 2.05) is 30.3 Å². The summed E-state index contributed by atoms with van der Waals surface area (Å²) in [6.45, 7) is 0.339. The zero-order valence-electron chi connectivity index (χ0n) is 12.6. The molecule has 0 spiro atoms. The number of benzene rings is 1. The van der Waals surface area contributed by atoms with Gasteiger partial charge in [-0.1, -0.05) is 62.4 Å². The first-order valence-corrected chi connectivity index (χ1v) is 7.99. The molecular formula is C17H24F3NO. The van der Waals surface area contributed by atoms with Crippen molar-refractivity contribution < 1.29 is 18.3 Å². The molecule has 1 aliphatic rings. The van der Waals surface area contributed by atoms with E-state index in [9.17, 15) is 18.3 Å². The van der Waals surface area contributed by atoms with Crippen LogP contribution in [0.4, 0.5) is 13.2 Å². The Balaban J connectivity index is 1.97. The number of hydrogen-bond acceptors (Lipinski definition) is 2. The van der Waals surface area contributed by atoms with Gasteiger partial charge in [0.05, 0.1) is 0 Å². The molecule has 1 aromatic carbocycles. The standard InChI is InChI=1S/C17H24F3NO/c18-17(19,20)16(22)15(11-13-7-3-1-4-8-13)21-12-14-9-5-2-6-10-14/h2,5-6,9-10,13,15-16,21-22H,1,3-4,7-8,11-12H2/t15-,16-/m0/s1. The molecule has 2 nitrogen and oxygen atoms in total. The zero-order chi connectivity index (χ0) is 16.0. The van der Waals surface area contributed by atoms with E-state index in [0.29, 0.717) is 13.0 Å². The van der Waals surface area contributed by atoms with Crippen molar-refractivity contribution in [3.05, 3.63) is 35.9 Å². The van der Waals surface area contributed by atoms with Crippen molar-refractivity contribution in [3.8, 4) is 0 Å². The molecule has 2 atom stereocenters. The summed E-state index contributed by atoms with van der Waals surface area (Å²) in [7, 11) is 0. The minimum absolute atomic E-state index is 0.277. The number of aliphatic hydroxyl groups is 1. The highest BCUT2D eigenvalue weighted by atomic mass is 19.4. The first-order chi connectivity index (χ1) is 10.5. The molecule has 0 aromatic heterocycles. The molecule has 0 aliphatic heterocycles. The van der Waals surface area contributed by atoms with E-state index < -0.39 is 18.3 Å². The lowest BCUT2D eigenvalue weighted by Gasteiger charge is -2.31. The molecule has 124 valence electrons. The maximum atomic E-state index is 12.9. The van der Waals surface area contributed by atoms with Gasteiger partial charge in [0.2, 0.25) is 0 Å². The second-order valence-electron chi connectivity index (χ2n) is 6.20. The molecule has 0 bridgehead atoms. The van der Waals surface area contributed by atoms with Gasteiger partial charge in [0.1, 0.15) is 0 Å². The Labute approximate surface area is 129 Å². The number of alkyl halides is 3. The van der Waals surface area contributed by atoms with Crippen LogP contribution in [0.5, 0.6) is 0 Å². The fraction of sp³-hybridized carbons (Fsp3) is 0.647. The van der Waals surface area contributed by atoms with Crippen LogP contribution in [0.2, 0.25) is 0 Å². The predicted octanol–water partition coefficient (Wildman–Crippen LogP) is 4.04. The molecule has 1 aromatic rings. The van der Waals surface area contributed by atoms with Gasteiger partial charge < -0.3 is 10.4 Å². The van der Waals surface area contributed by atoms with Gasteiger partial charge in [-0.15, -0.1) is 0 Å². The lowest BCUT2D eigenvalue weighted by atomic mass is 9.83. The second-order valence-corrected chi connectivity index (χ2v) is 6.20. The van der Waals surface area contributed by atoms with Gasteiger partial charge in [-0.2, -0.15) is 13.2 Å². The molecule has 5 heteroatoms. The van der Waals surface area contributed by atoms with E-state index in [-0.39, 0.29) is 5.92 Å². The van der Waals surface area contributed by atoms with E-state index >= 15 is 0 Å². The van der Waals surface area contributed by atoms with Crippen molar-refractivity contribution in [2.45, 2.75) is 63.4 Å². The van der Waals surface area contributed by atoms with Gasteiger partial charge >= 0.3 is 6.18 Å². The van der Waals surface area contributed by atoms with Gasteiger partial charge in [-0.3, -0.25) is 0 Å². The van der Waals surface area contributed by atoms with E-state index in [2.05, 4.69) is 5.32 Å². The summed E-state index contributed by atoms with van der Waals surface area (Å²) in [5.74, 6) is 0.277. The van der Waals surface area contributed by atoms with Gasteiger partial charge in [0.25, 0.3) is 0 Å². The minimum Gasteiger partial charge on any atom is -0.382 e. The smallest absolute Gasteiger partial charge is 0.382 e. The number of halogens is 3. The third kappa shape index (κ3) is 5.29. The normalized spacial score (nSPS) is 19.8. The lowest BCUT2D eigenvalue weighted by Crippen LogP contribution is -2.48. The summed E-state index contributed by atoms with van der Waals surface area (Å²) in [5, 5.41) is 12.6. The fourth-order valence-electron chi connectivity index (χ4n) is 3.18. The Morgan fingerprint density at radius 2 is 1.73 bits per heavy atom. The van der Waals surface area contributed by atoms with Crippen LogP contribution < -0.4 is 5.32 Å². The average molecular weight is 315 g/mol. The fourth-order valence-corrected chi connectivity index (χ4v) is 3.18. The Kier molecular flexibility index (Phi) is 6.26. The highest BCUT2D eigenvalue weighted by Crippen LogP contribution is 2.31. The quantitative estimate of drug-likeness (QED) is 0.830. The Bertz CT molecular complexity index is 429. The molecule has 0 saturated heterocycles. The zero-order valence-corrected chi connectivity index (χ0v) is 12.6. The van der Waals surface area contributed by atoms with Crippen LogP contribution in [0.3, 0.4) is 0 Å². The first kappa shape index (κ1) is 17.3. The summed E-state index contributed by atoms with van der Waals surface area (Å²) < 4.78 is 38.7. The summed E-state index contributed by atoms with van der Waals surface area (Å²) in [5.41, 5.74) is 0.922. The summed E-state index contributed by atoms with van der Waals surface area (Å²) in [6, 6.07) is 8.37. The second kappa shape index (κ2) is 7.97. The van der Waals surface area contributed by atoms with Gasteiger partial charge in [0, 0.05) is 12.6 Å². The largest absolute Gasteiger partial charge is 0.415 e. The van der Waals surface area contributed by atoms with Crippen molar-refractivity contribution in [1.29, 1.82) is 0 Å². The highest BCUT2D eigenvalue weighted by Gasteiger charge is 2.43. The highest BCUT2D eigenvalue weighted by molar-refractivity contribution is 5.14. The monoisotopic (exact) mass is 315 g/mol. The van der Waals surface area contributed by atoms with Crippen molar-refractivity contribution in [2.24, 2.45) is 5.92 Å². The SMILES string of the molecule is O[C@@H]([C@H](CC1CCCCC1)NCc1ccccc1)C(F)(F)F. The van der Waals surface area contributed by atoms with Crippen LogP contribution in [-0.2, 0) is 6.54 Å². The number of nitrogens with one attached hydrogen (secondary N) is 1. The van der Waals surface area contributed by atoms with Crippen LogP contribution in [0.25, 0.3) is 0 Å². The van der Waals surface area contributed by atoms with Gasteiger partial charge in [0.15, 0.2) is 6.10 Å². The van der Waals surface area contributed by atoms with Crippen LogP contribution >= 0.6 is 0 Å². The third-order valence-electron chi connectivity index (χ3n) is 4.44. The molecule has 0 radical (unpaired) electrons. The van der Waals surface area contributed by atoms with Crippen molar-refractivity contribution in [2.75, 3.05) is 0 Å². The third-order valence-corrected chi connectivity index (χ3v) is 4.44. The number of rotatable bonds is 6. The molecule has 2 rings (SSSR count). The Morgan fingerprint density at radius 3 is 2.32 bits per heavy atom. The maximum absolute atomic E-state index is 12.9. The van der Waals surface area contributed by atoms with Crippen LogP contribution in [-0.4, -0.2) is 23.4 Å². The summed E-state index contributed by atoms with van der Waals surface area (Å²) in [6.07, 6.45) is -1.24. The maximum Gasteiger partial charge on any atom is 0.415 e. The number of hydrogen-bond donors (Lipinski definition) is 2. The molecule has 0 heterocycles. The van der Waals surface area contributed by atoms with Crippen molar-refractivity contribution in [1.82, 2.24) is 5.32 Å². The van der Waals surface area contributed by atoms with E-state index in [1.54, 1.807) is 0 Å². The van der Waals surface area contributed by atoms with Crippen LogP contribution in [0.15, 0.2) is 30.3 Å². The van der Waals surface area contributed by atoms with E-state index in [1.165, 1.54) is 6.42 Å². The topological polar surface area (TPSA) is 32.3 Å². The van der Waals surface area contributed by atoms with E-state index in [0.717, 1.165) is 31.2 Å². The van der Waals surface area contributed by atoms with Crippen LogP contribution in [0, 0.1) is 5.92 Å². The van der Waals surface area contributed by atoms with Gasteiger partial charge in [-0.25, -0.2) is 0 Å². The Morgan fingerprint density at radius 1 is 1.09 bits per heavy atom. The summed E-state index contributed by atoms with van der Waals surface area (Å²) in [4.78, 5) is 0. The molecular weight excluding hydrogens is 291 g/mol. The molecule has 2 N–H and O–H groups in total. The lowest BCUT2D eigenvalue weighted by molar-refractivity contribution is -0.213. The van der Waals surface area contributed by atoms with Crippen molar-refractivity contribution >= 4 is 0 Å². The molecule has 1 saturated carbocycles. The molecule has 0 amide bonds. The molecule has 22 heavy (non-hydrogen) atoms. The minimum atomic E-state index is -4.58. The van der Waals surface area contributed by atoms with Gasteiger partial charge in [-0.05, 0) is 17.9 Å². The van der Waals surface area contributed by atoms with Crippen LogP contribution in [0.1, 0.15) is 44.1 Å². The molecule has 1 fully saturated rings. The van der Waals surface area contributed by atoms with Crippen molar-refractivity contribution in [3.63, 3.8) is 0 Å². The molecule has 1 aliphatic carbocycles. The molecule has 0 unspecified atom stereocenters. The summed E-state index contributed by atoms with van der Waals surface area (Å²) >= 11 is 0. The first-order valence-electron chi connectivity index (χ1n) is 7.99. The average Bonchev–Trinajstić information content (AvgIpc) is 2.52. The van der Waals surface area contributed by atoms with E-state index in [4.69, 9.17) is 0 Å². The number of aliphatic hydroxyl groups excluding tert-OH is 1. The Hall–Kier alpha value is -1.07. The predicted molar refractivity (Wildman–Crippen MR) is 80.3 cm³/mol.